The van der Waals surface area contributed by atoms with E-state index in [1.807, 2.05) is 0 Å². The van der Waals surface area contributed by atoms with E-state index in [1.54, 1.807) is 29.2 Å². The summed E-state index contributed by atoms with van der Waals surface area (Å²) in [6.07, 6.45) is 2.97. The molecule has 4 heterocycles. The van der Waals surface area contributed by atoms with Gasteiger partial charge in [0, 0.05) is 24.6 Å². The van der Waals surface area contributed by atoms with Gasteiger partial charge in [-0.1, -0.05) is 0 Å². The average Bonchev–Trinajstić information content (AvgIpc) is 3.53. The summed E-state index contributed by atoms with van der Waals surface area (Å²) in [6.45, 7) is 2.55. The number of hydrogen-bond acceptors (Lipinski definition) is 6. The Balaban J connectivity index is 1.28. The van der Waals surface area contributed by atoms with Crippen LogP contribution in [0.1, 0.15) is 49.7 Å². The average molecular weight is 410 g/mol. The first kappa shape index (κ1) is 19.0. The molecule has 0 spiro atoms. The summed E-state index contributed by atoms with van der Waals surface area (Å²) in [6, 6.07) is 8.15. The van der Waals surface area contributed by atoms with Crippen LogP contribution in [0.5, 0.6) is 0 Å². The normalized spacial score (nSPS) is 20.3. The molecule has 30 heavy (non-hydrogen) atoms. The third kappa shape index (κ3) is 3.32. The van der Waals surface area contributed by atoms with E-state index in [-0.39, 0.29) is 30.2 Å². The molecule has 1 aromatic carbocycles. The highest BCUT2D eigenvalue weighted by molar-refractivity contribution is 6.22. The Morgan fingerprint density at radius 2 is 1.73 bits per heavy atom. The lowest BCUT2D eigenvalue weighted by Gasteiger charge is -2.34. The lowest BCUT2D eigenvalue weighted by molar-refractivity contribution is -0.0956. The fraction of sp³-hybridized carbons (Fsp3) is 0.409. The Kier molecular flexibility index (Phi) is 4.88. The molecule has 156 valence electrons. The first-order chi connectivity index (χ1) is 14.6. The number of imide groups is 1. The van der Waals surface area contributed by atoms with Crippen molar-refractivity contribution >= 4 is 17.7 Å². The van der Waals surface area contributed by atoms with E-state index >= 15 is 0 Å². The van der Waals surface area contributed by atoms with Crippen molar-refractivity contribution in [3.63, 3.8) is 0 Å². The molecule has 1 aromatic heterocycles. The molecule has 2 aromatic rings. The number of carbonyl (C=O) groups is 3. The van der Waals surface area contributed by atoms with Crippen LogP contribution in [0, 0.1) is 5.92 Å². The van der Waals surface area contributed by atoms with Crippen molar-refractivity contribution in [2.45, 2.75) is 25.7 Å². The number of carbonyl (C=O) groups excluding carboxylic acids is 3. The zero-order valence-electron chi connectivity index (χ0n) is 16.4. The van der Waals surface area contributed by atoms with Crippen molar-refractivity contribution in [2.24, 2.45) is 5.92 Å². The third-order valence-corrected chi connectivity index (χ3v) is 5.97. The Morgan fingerprint density at radius 1 is 1.00 bits per heavy atom. The summed E-state index contributed by atoms with van der Waals surface area (Å²) in [5.74, 6) is -0.0860. The molecular weight excluding hydrogens is 388 g/mol. The fourth-order valence-electron chi connectivity index (χ4n) is 4.33. The van der Waals surface area contributed by atoms with Crippen molar-refractivity contribution in [1.29, 1.82) is 0 Å². The van der Waals surface area contributed by atoms with Gasteiger partial charge in [0.15, 0.2) is 6.29 Å². The summed E-state index contributed by atoms with van der Waals surface area (Å²) in [7, 11) is 0. The van der Waals surface area contributed by atoms with Crippen LogP contribution in [0.15, 0.2) is 41.0 Å². The van der Waals surface area contributed by atoms with E-state index in [0.29, 0.717) is 49.1 Å². The van der Waals surface area contributed by atoms with Crippen LogP contribution < -0.4 is 0 Å². The molecule has 0 unspecified atom stereocenters. The van der Waals surface area contributed by atoms with Crippen LogP contribution in [0.2, 0.25) is 0 Å². The summed E-state index contributed by atoms with van der Waals surface area (Å²) >= 11 is 0. The number of furan rings is 1. The number of amides is 3. The topological polar surface area (TPSA) is 89.3 Å². The second-order valence-electron chi connectivity index (χ2n) is 7.78. The number of nitrogens with zero attached hydrogens (tertiary/aromatic N) is 2. The number of fused-ring (bicyclic) bond motifs is 1. The number of benzene rings is 1. The molecule has 0 aliphatic carbocycles. The van der Waals surface area contributed by atoms with Crippen molar-refractivity contribution in [3.05, 3.63) is 59.0 Å². The molecule has 5 rings (SSSR count). The molecule has 3 aliphatic heterocycles. The highest BCUT2D eigenvalue weighted by Crippen LogP contribution is 2.29. The van der Waals surface area contributed by atoms with Gasteiger partial charge in [-0.15, -0.1) is 0 Å². The van der Waals surface area contributed by atoms with Gasteiger partial charge in [0.25, 0.3) is 17.7 Å². The molecule has 3 amide bonds. The van der Waals surface area contributed by atoms with Crippen molar-refractivity contribution < 1.29 is 28.3 Å². The Hall–Kier alpha value is -2.97. The first-order valence-corrected chi connectivity index (χ1v) is 10.2. The van der Waals surface area contributed by atoms with Gasteiger partial charge in [-0.2, -0.15) is 0 Å². The van der Waals surface area contributed by atoms with E-state index in [9.17, 15) is 14.4 Å². The monoisotopic (exact) mass is 410 g/mol. The Bertz CT molecular complexity index is 972. The molecule has 0 N–H and O–H groups in total. The molecule has 3 aliphatic rings. The molecule has 8 nitrogen and oxygen atoms in total. The highest BCUT2D eigenvalue weighted by atomic mass is 16.7. The molecule has 0 radical (unpaired) electrons. The molecule has 0 bridgehead atoms. The standard InChI is InChI=1S/C22H22N2O6/c25-19(23-7-5-14(6-8-23)22-29-10-11-30-22)15-3-4-17-18(12-15)21(27)24(20(17)26)13-16-2-1-9-28-16/h1-4,9,12,14,22H,5-8,10-11,13H2. The minimum Gasteiger partial charge on any atom is -0.467 e. The van der Waals surface area contributed by atoms with E-state index in [4.69, 9.17) is 13.9 Å². The van der Waals surface area contributed by atoms with E-state index < -0.39 is 5.91 Å². The van der Waals surface area contributed by atoms with Crippen molar-refractivity contribution in [1.82, 2.24) is 9.80 Å². The zero-order chi connectivity index (χ0) is 20.7. The smallest absolute Gasteiger partial charge is 0.261 e. The minimum absolute atomic E-state index is 0.0709. The van der Waals surface area contributed by atoms with Gasteiger partial charge in [-0.05, 0) is 43.2 Å². The van der Waals surface area contributed by atoms with Crippen molar-refractivity contribution in [2.75, 3.05) is 26.3 Å². The molecule has 0 atom stereocenters. The fourth-order valence-corrected chi connectivity index (χ4v) is 4.33. The zero-order valence-corrected chi connectivity index (χ0v) is 16.4. The number of ether oxygens (including phenoxy) is 2. The number of likely N-dealkylation sites (tertiary alicyclic amines) is 1. The van der Waals surface area contributed by atoms with Gasteiger partial charge in [0.2, 0.25) is 0 Å². The minimum atomic E-state index is -0.407. The van der Waals surface area contributed by atoms with Gasteiger partial charge in [0.05, 0.1) is 37.1 Å². The Morgan fingerprint density at radius 3 is 2.43 bits per heavy atom. The van der Waals surface area contributed by atoms with Gasteiger partial charge < -0.3 is 18.8 Å². The maximum absolute atomic E-state index is 13.0. The van der Waals surface area contributed by atoms with E-state index in [0.717, 1.165) is 17.7 Å². The summed E-state index contributed by atoms with van der Waals surface area (Å²) in [5, 5.41) is 0. The lowest BCUT2D eigenvalue weighted by atomic mass is 9.95. The number of rotatable bonds is 4. The predicted octanol–water partition coefficient (Wildman–Crippen LogP) is 2.30. The van der Waals surface area contributed by atoms with Crippen LogP contribution in [-0.2, 0) is 16.0 Å². The van der Waals surface area contributed by atoms with Crippen LogP contribution >= 0.6 is 0 Å². The SMILES string of the molecule is O=C(c1ccc2c(c1)C(=O)N(Cc1ccco1)C2=O)N1CCC(C2OCCO2)CC1. The number of hydrogen-bond donors (Lipinski definition) is 0. The molecule has 2 fully saturated rings. The first-order valence-electron chi connectivity index (χ1n) is 10.2. The van der Waals surface area contributed by atoms with Gasteiger partial charge in [-0.3, -0.25) is 19.3 Å². The highest BCUT2D eigenvalue weighted by Gasteiger charge is 2.37. The summed E-state index contributed by atoms with van der Waals surface area (Å²) in [4.78, 5) is 41.3. The van der Waals surface area contributed by atoms with Crippen LogP contribution in [0.25, 0.3) is 0 Å². The maximum atomic E-state index is 13.0. The van der Waals surface area contributed by atoms with Crippen LogP contribution in [0.4, 0.5) is 0 Å². The van der Waals surface area contributed by atoms with Crippen LogP contribution in [0.3, 0.4) is 0 Å². The second-order valence-corrected chi connectivity index (χ2v) is 7.78. The lowest BCUT2D eigenvalue weighted by Crippen LogP contribution is -2.41. The van der Waals surface area contributed by atoms with Crippen molar-refractivity contribution in [3.8, 4) is 0 Å². The van der Waals surface area contributed by atoms with E-state index in [2.05, 4.69) is 0 Å². The van der Waals surface area contributed by atoms with Gasteiger partial charge in [0.1, 0.15) is 5.76 Å². The maximum Gasteiger partial charge on any atom is 0.261 e. The predicted molar refractivity (Wildman–Crippen MR) is 104 cm³/mol. The second kappa shape index (κ2) is 7.70. The quantitative estimate of drug-likeness (QED) is 0.719. The van der Waals surface area contributed by atoms with Gasteiger partial charge >= 0.3 is 0 Å². The summed E-state index contributed by atoms with van der Waals surface area (Å²) in [5.41, 5.74) is 0.999. The molecule has 0 saturated carbocycles. The molecule has 8 heteroatoms. The number of piperidine rings is 1. The Labute approximate surface area is 173 Å². The molecule has 2 saturated heterocycles. The summed E-state index contributed by atoms with van der Waals surface area (Å²) < 4.78 is 16.4. The largest absolute Gasteiger partial charge is 0.467 e. The van der Waals surface area contributed by atoms with Crippen LogP contribution in [-0.4, -0.2) is 60.1 Å². The third-order valence-electron chi connectivity index (χ3n) is 5.97. The molecular formula is C22H22N2O6. The van der Waals surface area contributed by atoms with Gasteiger partial charge in [-0.25, -0.2) is 0 Å². The van der Waals surface area contributed by atoms with E-state index in [1.165, 1.54) is 12.3 Å².